The van der Waals surface area contributed by atoms with Crippen molar-refractivity contribution in [3.05, 3.63) is 16.1 Å². The van der Waals surface area contributed by atoms with Crippen molar-refractivity contribution < 1.29 is 4.74 Å². The molecule has 1 aliphatic rings. The summed E-state index contributed by atoms with van der Waals surface area (Å²) in [4.78, 5) is 10.4. The summed E-state index contributed by atoms with van der Waals surface area (Å²) in [5.74, 6) is 1.02. The van der Waals surface area contributed by atoms with Crippen LogP contribution in [0.2, 0.25) is 0 Å². The first-order chi connectivity index (χ1) is 6.31. The quantitative estimate of drug-likeness (QED) is 0.759. The molecule has 0 saturated carbocycles. The fraction of sp³-hybridized carbons (Fsp3) is 0.500. The Morgan fingerprint density at radius 3 is 3.00 bits per heavy atom. The van der Waals surface area contributed by atoms with Gasteiger partial charge in [0.2, 0.25) is 0 Å². The molecule has 4 nitrogen and oxygen atoms in total. The van der Waals surface area contributed by atoms with E-state index in [0.717, 1.165) is 22.5 Å². The zero-order chi connectivity index (χ0) is 9.26. The van der Waals surface area contributed by atoms with Crippen LogP contribution in [-0.2, 0) is 4.74 Å². The van der Waals surface area contributed by atoms with Gasteiger partial charge in [-0.25, -0.2) is 9.97 Å². The van der Waals surface area contributed by atoms with Crippen LogP contribution in [0.15, 0.2) is 12.5 Å². The van der Waals surface area contributed by atoms with Gasteiger partial charge in [0.15, 0.2) is 0 Å². The molecular weight excluding hydrogens is 281 g/mol. The average molecular weight is 291 g/mol. The first-order valence-corrected chi connectivity index (χ1v) is 5.12. The molecule has 1 saturated heterocycles. The third-order valence-corrected chi connectivity index (χ3v) is 2.89. The predicted molar refractivity (Wildman–Crippen MR) is 57.8 cm³/mol. The number of aromatic nitrogens is 2. The van der Waals surface area contributed by atoms with Gasteiger partial charge >= 0.3 is 0 Å². The van der Waals surface area contributed by atoms with Gasteiger partial charge in [-0.05, 0) is 22.6 Å². The molecule has 5 heteroatoms. The fourth-order valence-electron chi connectivity index (χ4n) is 1.30. The Kier molecular flexibility index (Phi) is 2.63. The van der Waals surface area contributed by atoms with Crippen LogP contribution in [0.5, 0.6) is 0 Å². The van der Waals surface area contributed by atoms with Gasteiger partial charge < -0.3 is 9.64 Å². The predicted octanol–water partition coefficient (Wildman–Crippen LogP) is 0.916. The number of hydrogen-bond acceptors (Lipinski definition) is 4. The van der Waals surface area contributed by atoms with E-state index in [1.54, 1.807) is 13.4 Å². The standard InChI is InChI=1S/C8H10IN3O/c1-13-6-3-12(4-6)8-7(9)2-10-5-11-8/h2,5-6H,3-4H2,1H3. The second-order valence-electron chi connectivity index (χ2n) is 2.96. The van der Waals surface area contributed by atoms with E-state index in [2.05, 4.69) is 37.5 Å². The minimum Gasteiger partial charge on any atom is -0.378 e. The van der Waals surface area contributed by atoms with Crippen LogP contribution in [0.25, 0.3) is 0 Å². The Hall–Kier alpha value is -0.430. The highest BCUT2D eigenvalue weighted by molar-refractivity contribution is 14.1. The Balaban J connectivity index is 2.07. The van der Waals surface area contributed by atoms with E-state index in [0.29, 0.717) is 6.10 Å². The third-order valence-electron chi connectivity index (χ3n) is 2.13. The van der Waals surface area contributed by atoms with Crippen molar-refractivity contribution in [2.75, 3.05) is 25.1 Å². The van der Waals surface area contributed by atoms with Gasteiger partial charge in [0.05, 0.1) is 9.67 Å². The molecule has 0 unspecified atom stereocenters. The first-order valence-electron chi connectivity index (χ1n) is 4.04. The van der Waals surface area contributed by atoms with Crippen LogP contribution >= 0.6 is 22.6 Å². The van der Waals surface area contributed by atoms with Crippen molar-refractivity contribution in [2.45, 2.75) is 6.10 Å². The molecule has 1 fully saturated rings. The molecular formula is C8H10IN3O. The number of methoxy groups -OCH3 is 1. The van der Waals surface area contributed by atoms with Gasteiger partial charge in [-0.3, -0.25) is 0 Å². The fourth-order valence-corrected chi connectivity index (χ4v) is 1.94. The topological polar surface area (TPSA) is 38.2 Å². The molecule has 0 bridgehead atoms. The monoisotopic (exact) mass is 291 g/mol. The second-order valence-corrected chi connectivity index (χ2v) is 4.12. The van der Waals surface area contributed by atoms with Gasteiger partial charge in [-0.2, -0.15) is 0 Å². The molecule has 0 N–H and O–H groups in total. The third kappa shape index (κ3) is 1.76. The summed E-state index contributed by atoms with van der Waals surface area (Å²) in [6, 6.07) is 0. The SMILES string of the molecule is COC1CN(c2ncncc2I)C1. The van der Waals surface area contributed by atoms with E-state index in [-0.39, 0.29) is 0 Å². The van der Waals surface area contributed by atoms with Crippen molar-refractivity contribution >= 4 is 28.4 Å². The van der Waals surface area contributed by atoms with E-state index in [1.165, 1.54) is 0 Å². The molecule has 0 amide bonds. The number of nitrogens with zero attached hydrogens (tertiary/aromatic N) is 3. The number of ether oxygens (including phenoxy) is 1. The maximum atomic E-state index is 5.19. The number of rotatable bonds is 2. The van der Waals surface area contributed by atoms with Crippen molar-refractivity contribution in [3.8, 4) is 0 Å². The van der Waals surface area contributed by atoms with Crippen molar-refractivity contribution in [1.29, 1.82) is 0 Å². The molecule has 13 heavy (non-hydrogen) atoms. The molecule has 1 aromatic rings. The Bertz CT molecular complexity index is 301. The minimum atomic E-state index is 0.366. The Labute approximate surface area is 90.5 Å². The normalized spacial score (nSPS) is 17.2. The van der Waals surface area contributed by atoms with Crippen LogP contribution in [0, 0.1) is 3.57 Å². The summed E-state index contributed by atoms with van der Waals surface area (Å²) >= 11 is 2.24. The van der Waals surface area contributed by atoms with Crippen molar-refractivity contribution in [1.82, 2.24) is 9.97 Å². The first kappa shape index (κ1) is 9.14. The van der Waals surface area contributed by atoms with E-state index in [1.807, 2.05) is 6.20 Å². The highest BCUT2D eigenvalue weighted by atomic mass is 127. The maximum absolute atomic E-state index is 5.19. The summed E-state index contributed by atoms with van der Waals surface area (Å²) in [5, 5.41) is 0. The Morgan fingerprint density at radius 2 is 2.38 bits per heavy atom. The molecule has 1 aliphatic heterocycles. The van der Waals surface area contributed by atoms with Crippen LogP contribution in [0.3, 0.4) is 0 Å². The zero-order valence-electron chi connectivity index (χ0n) is 7.27. The number of anilines is 1. The van der Waals surface area contributed by atoms with Gasteiger partial charge in [0.1, 0.15) is 12.1 Å². The lowest BCUT2D eigenvalue weighted by molar-refractivity contribution is 0.0782. The second kappa shape index (κ2) is 3.75. The molecule has 0 atom stereocenters. The number of hydrogen-bond donors (Lipinski definition) is 0. The number of halogens is 1. The van der Waals surface area contributed by atoms with E-state index in [4.69, 9.17) is 4.74 Å². The lowest BCUT2D eigenvalue weighted by atomic mass is 10.2. The summed E-state index contributed by atoms with van der Waals surface area (Å²) in [6.45, 7) is 1.87. The van der Waals surface area contributed by atoms with Crippen molar-refractivity contribution in [2.24, 2.45) is 0 Å². The lowest BCUT2D eigenvalue weighted by Gasteiger charge is -2.39. The summed E-state index contributed by atoms with van der Waals surface area (Å²) < 4.78 is 6.28. The largest absolute Gasteiger partial charge is 0.378 e. The van der Waals surface area contributed by atoms with Crippen LogP contribution < -0.4 is 4.90 Å². The smallest absolute Gasteiger partial charge is 0.145 e. The summed E-state index contributed by atoms with van der Waals surface area (Å²) in [7, 11) is 1.74. The van der Waals surface area contributed by atoms with Crippen LogP contribution in [-0.4, -0.2) is 36.3 Å². The van der Waals surface area contributed by atoms with Gasteiger partial charge in [-0.15, -0.1) is 0 Å². The highest BCUT2D eigenvalue weighted by Gasteiger charge is 2.28. The lowest BCUT2D eigenvalue weighted by Crippen LogP contribution is -2.52. The molecule has 0 aromatic carbocycles. The molecule has 2 rings (SSSR count). The maximum Gasteiger partial charge on any atom is 0.145 e. The molecule has 70 valence electrons. The van der Waals surface area contributed by atoms with Crippen molar-refractivity contribution in [3.63, 3.8) is 0 Å². The molecule has 0 aliphatic carbocycles. The van der Waals surface area contributed by atoms with E-state index in [9.17, 15) is 0 Å². The Morgan fingerprint density at radius 1 is 1.62 bits per heavy atom. The van der Waals surface area contributed by atoms with Gasteiger partial charge in [-0.1, -0.05) is 0 Å². The summed E-state index contributed by atoms with van der Waals surface area (Å²) in [6.07, 6.45) is 3.77. The average Bonchev–Trinajstić information content (AvgIpc) is 2.06. The highest BCUT2D eigenvalue weighted by Crippen LogP contribution is 2.23. The molecule has 1 aromatic heterocycles. The minimum absolute atomic E-state index is 0.366. The van der Waals surface area contributed by atoms with Gasteiger partial charge in [0, 0.05) is 26.4 Å². The molecule has 0 spiro atoms. The van der Waals surface area contributed by atoms with Crippen LogP contribution in [0.1, 0.15) is 0 Å². The van der Waals surface area contributed by atoms with E-state index < -0.39 is 0 Å². The molecule has 0 radical (unpaired) electrons. The zero-order valence-corrected chi connectivity index (χ0v) is 9.43. The van der Waals surface area contributed by atoms with E-state index >= 15 is 0 Å². The van der Waals surface area contributed by atoms with Crippen LogP contribution in [0.4, 0.5) is 5.82 Å². The summed E-state index contributed by atoms with van der Waals surface area (Å²) in [5.41, 5.74) is 0. The van der Waals surface area contributed by atoms with Gasteiger partial charge in [0.25, 0.3) is 0 Å². The molecule has 2 heterocycles.